The van der Waals surface area contributed by atoms with Gasteiger partial charge < -0.3 is 19.7 Å². The largest absolute Gasteiger partial charge is 0.393 e. The van der Waals surface area contributed by atoms with Crippen molar-refractivity contribution in [1.82, 2.24) is 0 Å². The lowest BCUT2D eigenvalue weighted by molar-refractivity contribution is -0.218. The summed E-state index contributed by atoms with van der Waals surface area (Å²) in [5, 5.41) is 21.6. The molecule has 1 saturated heterocycles. The lowest BCUT2D eigenvalue weighted by atomic mass is 9.47. The van der Waals surface area contributed by atoms with Gasteiger partial charge in [0, 0.05) is 11.3 Å². The maximum Gasteiger partial charge on any atom is 0.169 e. The van der Waals surface area contributed by atoms with Gasteiger partial charge in [-0.1, -0.05) is 37.1 Å². The summed E-state index contributed by atoms with van der Waals surface area (Å²) in [5.74, 6) is 0.550. The van der Waals surface area contributed by atoms with Crippen molar-refractivity contribution in [2.75, 3.05) is 13.2 Å². The number of allylic oxidation sites excluding steroid dienone is 2. The fraction of sp³-hybridized carbons (Fsp3) is 0.826. The lowest BCUT2D eigenvalue weighted by Crippen LogP contribution is -2.57. The van der Waals surface area contributed by atoms with E-state index in [9.17, 15) is 10.2 Å². The smallest absolute Gasteiger partial charge is 0.169 e. The number of hydrogen-bond donors (Lipinski definition) is 2. The molecule has 150 valence electrons. The van der Waals surface area contributed by atoms with Crippen molar-refractivity contribution >= 4 is 0 Å². The van der Waals surface area contributed by atoms with E-state index in [1.807, 2.05) is 0 Å². The Labute approximate surface area is 162 Å². The van der Waals surface area contributed by atoms with E-state index in [0.717, 1.165) is 38.5 Å². The Morgan fingerprint density at radius 2 is 1.78 bits per heavy atom. The van der Waals surface area contributed by atoms with Crippen molar-refractivity contribution in [2.24, 2.45) is 28.6 Å². The van der Waals surface area contributed by atoms with E-state index >= 15 is 0 Å². The van der Waals surface area contributed by atoms with Crippen LogP contribution in [0.25, 0.3) is 0 Å². The molecule has 0 bridgehead atoms. The molecule has 0 amide bonds. The summed E-state index contributed by atoms with van der Waals surface area (Å²) < 4.78 is 12.1. The third kappa shape index (κ3) is 2.36. The summed E-state index contributed by atoms with van der Waals surface area (Å²) in [6.45, 7) is 7.99. The van der Waals surface area contributed by atoms with Gasteiger partial charge in [-0.2, -0.15) is 0 Å². The summed E-state index contributed by atoms with van der Waals surface area (Å²) in [6, 6.07) is 0. The van der Waals surface area contributed by atoms with Gasteiger partial charge in [0.15, 0.2) is 5.79 Å². The Kier molecular flexibility index (Phi) is 4.02. The summed E-state index contributed by atoms with van der Waals surface area (Å²) >= 11 is 0. The minimum atomic E-state index is -0.588. The molecule has 1 aliphatic heterocycles. The standard InChI is InChI=1S/C23H34O4/c1-21-9-8-15(24)12-14(21)4-5-16-17-6-7-19(23(3)26-10-11-27-23)22(17,2)20(25)13-18(16)21/h4,6,15-16,18-20,24-25H,5,7-13H2,1-3H3/t15?,16-,18-,19-,20?,21-,22-/m0/s1. The maximum atomic E-state index is 11.5. The van der Waals surface area contributed by atoms with E-state index < -0.39 is 5.79 Å². The molecule has 5 aliphatic rings. The zero-order valence-corrected chi connectivity index (χ0v) is 16.9. The highest BCUT2D eigenvalue weighted by molar-refractivity contribution is 5.37. The molecule has 4 heteroatoms. The summed E-state index contributed by atoms with van der Waals surface area (Å²) in [7, 11) is 0. The molecule has 27 heavy (non-hydrogen) atoms. The van der Waals surface area contributed by atoms with Crippen molar-refractivity contribution in [3.8, 4) is 0 Å². The van der Waals surface area contributed by atoms with Crippen LogP contribution in [0.15, 0.2) is 23.3 Å². The predicted molar refractivity (Wildman–Crippen MR) is 103 cm³/mol. The molecule has 4 nitrogen and oxygen atoms in total. The first-order valence-electron chi connectivity index (χ1n) is 10.8. The third-order valence-corrected chi connectivity index (χ3v) is 9.09. The normalized spacial score (nSPS) is 51.1. The maximum absolute atomic E-state index is 11.5. The van der Waals surface area contributed by atoms with Crippen LogP contribution in [-0.2, 0) is 9.47 Å². The average Bonchev–Trinajstić information content (AvgIpc) is 3.22. The molecule has 1 heterocycles. The molecule has 7 atom stereocenters. The molecule has 0 aromatic carbocycles. The minimum absolute atomic E-state index is 0.119. The number of fused-ring (bicyclic) bond motifs is 5. The first-order valence-corrected chi connectivity index (χ1v) is 10.8. The van der Waals surface area contributed by atoms with E-state index in [0.29, 0.717) is 25.0 Å². The van der Waals surface area contributed by atoms with Crippen LogP contribution in [0, 0.1) is 28.6 Å². The van der Waals surface area contributed by atoms with Gasteiger partial charge >= 0.3 is 0 Å². The second kappa shape index (κ2) is 5.91. The van der Waals surface area contributed by atoms with Gasteiger partial charge in [-0.05, 0) is 62.7 Å². The van der Waals surface area contributed by atoms with Gasteiger partial charge in [0.1, 0.15) is 0 Å². The van der Waals surface area contributed by atoms with Crippen LogP contribution >= 0.6 is 0 Å². The number of rotatable bonds is 1. The van der Waals surface area contributed by atoms with E-state index in [-0.39, 0.29) is 29.0 Å². The van der Waals surface area contributed by atoms with Crippen LogP contribution in [0.1, 0.15) is 59.3 Å². The molecule has 5 rings (SSSR count). The zero-order valence-electron chi connectivity index (χ0n) is 16.9. The van der Waals surface area contributed by atoms with Crippen molar-refractivity contribution in [2.45, 2.75) is 77.3 Å². The van der Waals surface area contributed by atoms with Gasteiger partial charge in [-0.15, -0.1) is 0 Å². The van der Waals surface area contributed by atoms with Crippen LogP contribution in [0.4, 0.5) is 0 Å². The number of aliphatic hydroxyl groups excluding tert-OH is 2. The van der Waals surface area contributed by atoms with Gasteiger partial charge in [0.25, 0.3) is 0 Å². The average molecular weight is 375 g/mol. The molecule has 0 aromatic rings. The fourth-order valence-corrected chi connectivity index (χ4v) is 7.46. The molecule has 4 aliphatic carbocycles. The third-order valence-electron chi connectivity index (χ3n) is 9.09. The van der Waals surface area contributed by atoms with E-state index in [2.05, 4.69) is 32.9 Å². The van der Waals surface area contributed by atoms with E-state index in [1.54, 1.807) is 0 Å². The monoisotopic (exact) mass is 374 g/mol. The molecular weight excluding hydrogens is 340 g/mol. The zero-order chi connectivity index (χ0) is 19.0. The Bertz CT molecular complexity index is 690. The minimum Gasteiger partial charge on any atom is -0.393 e. The van der Waals surface area contributed by atoms with Crippen LogP contribution < -0.4 is 0 Å². The summed E-state index contributed by atoms with van der Waals surface area (Å²) in [6.07, 6.45) is 9.80. The quantitative estimate of drug-likeness (QED) is 0.689. The SMILES string of the molecule is CC1([C@H]2CC=C3[C@@H]4CC=C5CC(O)CC[C@]5(C)[C@H]4CC(O)[C@@]32C)OCCO1. The van der Waals surface area contributed by atoms with Crippen LogP contribution in [0.2, 0.25) is 0 Å². The lowest BCUT2D eigenvalue weighted by Gasteiger charge is -2.58. The van der Waals surface area contributed by atoms with Crippen LogP contribution in [-0.4, -0.2) is 41.4 Å². The van der Waals surface area contributed by atoms with Crippen LogP contribution in [0.3, 0.4) is 0 Å². The van der Waals surface area contributed by atoms with Crippen molar-refractivity contribution in [3.63, 3.8) is 0 Å². The highest BCUT2D eigenvalue weighted by Crippen LogP contribution is 2.66. The second-order valence-electron chi connectivity index (χ2n) is 10.2. The molecule has 0 aromatic heterocycles. The van der Waals surface area contributed by atoms with Crippen molar-refractivity contribution in [3.05, 3.63) is 23.3 Å². The molecule has 3 fully saturated rings. The molecule has 2 saturated carbocycles. The van der Waals surface area contributed by atoms with Gasteiger partial charge in [0.05, 0.1) is 25.4 Å². The molecule has 0 radical (unpaired) electrons. The van der Waals surface area contributed by atoms with E-state index in [4.69, 9.17) is 9.47 Å². The fourth-order valence-electron chi connectivity index (χ4n) is 7.46. The number of aliphatic hydroxyl groups is 2. The molecule has 2 unspecified atom stereocenters. The highest BCUT2D eigenvalue weighted by Gasteiger charge is 2.63. The van der Waals surface area contributed by atoms with Gasteiger partial charge in [0.2, 0.25) is 0 Å². The Morgan fingerprint density at radius 3 is 2.52 bits per heavy atom. The summed E-state index contributed by atoms with van der Waals surface area (Å²) in [4.78, 5) is 0. The Morgan fingerprint density at radius 1 is 1.04 bits per heavy atom. The summed E-state index contributed by atoms with van der Waals surface area (Å²) in [5.41, 5.74) is 2.73. The second-order valence-corrected chi connectivity index (χ2v) is 10.2. The first kappa shape index (κ1) is 18.4. The molecular formula is C23H34O4. The predicted octanol–water partition coefficient (Wildman–Crippen LogP) is 3.58. The first-order chi connectivity index (χ1) is 12.8. The van der Waals surface area contributed by atoms with Crippen molar-refractivity contribution in [1.29, 1.82) is 0 Å². The van der Waals surface area contributed by atoms with E-state index in [1.165, 1.54) is 11.1 Å². The highest BCUT2D eigenvalue weighted by atomic mass is 16.7. The Balaban J connectivity index is 1.51. The topological polar surface area (TPSA) is 58.9 Å². The van der Waals surface area contributed by atoms with Crippen LogP contribution in [0.5, 0.6) is 0 Å². The van der Waals surface area contributed by atoms with Crippen molar-refractivity contribution < 1.29 is 19.7 Å². The number of ether oxygens (including phenoxy) is 2. The van der Waals surface area contributed by atoms with Gasteiger partial charge in [-0.3, -0.25) is 0 Å². The molecule has 0 spiro atoms. The van der Waals surface area contributed by atoms with Gasteiger partial charge in [-0.25, -0.2) is 0 Å². The Hall–Kier alpha value is -0.680. The number of hydrogen-bond acceptors (Lipinski definition) is 4. The molecule has 2 N–H and O–H groups in total.